The highest BCUT2D eigenvalue weighted by atomic mass is 16.6. The van der Waals surface area contributed by atoms with Crippen LogP contribution in [0, 0.1) is 23.2 Å². The van der Waals surface area contributed by atoms with E-state index in [0.29, 0.717) is 18.0 Å². The molecule has 0 amide bonds. The number of phenolic OH excluding ortho intramolecular Hbond substituents is 2. The number of hydrogen-bond donors (Lipinski definition) is 2. The topological polar surface area (TPSA) is 87.1 Å². The lowest BCUT2D eigenvalue weighted by atomic mass is 9.59. The van der Waals surface area contributed by atoms with E-state index >= 15 is 0 Å². The van der Waals surface area contributed by atoms with Crippen LogP contribution in [-0.4, -0.2) is 53.1 Å². The third kappa shape index (κ3) is 3.73. The van der Waals surface area contributed by atoms with Crippen LogP contribution in [0.2, 0.25) is 0 Å². The Hall–Kier alpha value is -2.34. The van der Waals surface area contributed by atoms with Crippen LogP contribution in [0.4, 0.5) is 0 Å². The van der Waals surface area contributed by atoms with E-state index in [-0.39, 0.29) is 53.2 Å². The first-order valence-electron chi connectivity index (χ1n) is 10.8. The van der Waals surface area contributed by atoms with Gasteiger partial charge >= 0.3 is 5.97 Å². The van der Waals surface area contributed by atoms with Crippen molar-refractivity contribution in [2.75, 3.05) is 20.1 Å². The van der Waals surface area contributed by atoms with Gasteiger partial charge < -0.3 is 14.9 Å². The predicted octanol–water partition coefficient (Wildman–Crippen LogP) is 3.53. The molecule has 1 saturated heterocycles. The first-order chi connectivity index (χ1) is 14.2. The lowest BCUT2D eigenvalue weighted by Gasteiger charge is -2.46. The number of Topliss-reactive ketones (excluding diaryl/α,β-unsaturated/α-hetero) is 1. The molecule has 30 heavy (non-hydrogen) atoms. The number of carbonyl (C=O) groups is 2. The van der Waals surface area contributed by atoms with Crippen LogP contribution in [0.5, 0.6) is 11.5 Å². The maximum atomic E-state index is 12.7. The van der Waals surface area contributed by atoms with Gasteiger partial charge in [0.15, 0.2) is 17.3 Å². The summed E-state index contributed by atoms with van der Waals surface area (Å²) in [5.41, 5.74) is 1.95. The minimum atomic E-state index is -0.316. The number of hydrogen-bond acceptors (Lipinski definition) is 6. The number of rotatable bonds is 5. The van der Waals surface area contributed by atoms with Crippen LogP contribution in [0.25, 0.3) is 0 Å². The molecule has 1 saturated carbocycles. The van der Waals surface area contributed by atoms with Crippen LogP contribution in [0.15, 0.2) is 29.8 Å². The van der Waals surface area contributed by atoms with Crippen molar-refractivity contribution in [1.82, 2.24) is 4.90 Å². The second kappa shape index (κ2) is 7.73. The van der Waals surface area contributed by atoms with Crippen LogP contribution in [0.3, 0.4) is 0 Å². The van der Waals surface area contributed by atoms with Gasteiger partial charge in [-0.3, -0.25) is 14.5 Å². The Balaban J connectivity index is 1.46. The number of phenols is 2. The minimum Gasteiger partial charge on any atom is -0.504 e. The molecule has 0 bridgehead atoms. The summed E-state index contributed by atoms with van der Waals surface area (Å²) in [5, 5.41) is 19.1. The smallest absolute Gasteiger partial charge is 0.311 e. The highest BCUT2D eigenvalue weighted by Crippen LogP contribution is 2.53. The Kier molecular flexibility index (Phi) is 5.39. The van der Waals surface area contributed by atoms with Gasteiger partial charge in [-0.15, -0.1) is 0 Å². The van der Waals surface area contributed by atoms with E-state index in [1.807, 2.05) is 11.9 Å². The lowest BCUT2D eigenvalue weighted by Crippen LogP contribution is -2.40. The summed E-state index contributed by atoms with van der Waals surface area (Å²) < 4.78 is 5.79. The molecule has 2 aliphatic carbocycles. The monoisotopic (exact) mass is 413 g/mol. The first-order valence-corrected chi connectivity index (χ1v) is 10.8. The number of allylic oxidation sites excluding steroid dienone is 1. The van der Waals surface area contributed by atoms with E-state index < -0.39 is 0 Å². The van der Waals surface area contributed by atoms with Crippen molar-refractivity contribution in [2.45, 2.75) is 45.6 Å². The number of ketones is 1. The van der Waals surface area contributed by atoms with E-state index in [1.54, 1.807) is 0 Å². The van der Waals surface area contributed by atoms with Crippen LogP contribution in [0.1, 0.15) is 49.9 Å². The Morgan fingerprint density at radius 1 is 1.30 bits per heavy atom. The molecule has 5 unspecified atom stereocenters. The number of esters is 1. The van der Waals surface area contributed by atoms with Gasteiger partial charge in [0.2, 0.25) is 0 Å². The number of carbonyl (C=O) groups excluding carboxylic acids is 2. The molecule has 1 aromatic carbocycles. The number of nitrogens with zero attached hydrogens (tertiary/aromatic N) is 1. The highest BCUT2D eigenvalue weighted by molar-refractivity contribution is 5.98. The van der Waals surface area contributed by atoms with E-state index in [0.717, 1.165) is 12.8 Å². The molecule has 2 fully saturated rings. The van der Waals surface area contributed by atoms with Crippen LogP contribution >= 0.6 is 0 Å². The van der Waals surface area contributed by atoms with Crippen LogP contribution < -0.4 is 0 Å². The molecule has 6 nitrogen and oxygen atoms in total. The third-order valence-corrected chi connectivity index (χ3v) is 7.30. The summed E-state index contributed by atoms with van der Waals surface area (Å²) >= 11 is 0. The molecule has 3 aliphatic rings. The second-order valence-electron chi connectivity index (χ2n) is 9.66. The average molecular weight is 414 g/mol. The Morgan fingerprint density at radius 3 is 2.80 bits per heavy atom. The zero-order chi connectivity index (χ0) is 21.6. The van der Waals surface area contributed by atoms with Gasteiger partial charge in [-0.2, -0.15) is 0 Å². The van der Waals surface area contributed by atoms with E-state index in [1.165, 1.54) is 36.6 Å². The SMILES string of the molecule is CC1CCCC2(C)CC3OC(=O)C(CN(C)CC(=O)c4ccc(O)c(O)c4)C3C=C12. The molecule has 6 heteroatoms. The summed E-state index contributed by atoms with van der Waals surface area (Å²) in [6.45, 7) is 5.17. The average Bonchev–Trinajstić information content (AvgIpc) is 2.96. The van der Waals surface area contributed by atoms with Crippen molar-refractivity contribution < 1.29 is 24.5 Å². The maximum absolute atomic E-state index is 12.7. The predicted molar refractivity (Wildman–Crippen MR) is 112 cm³/mol. The quantitative estimate of drug-likeness (QED) is 0.332. The van der Waals surface area contributed by atoms with Crippen molar-refractivity contribution in [1.29, 1.82) is 0 Å². The molecule has 0 aromatic heterocycles. The van der Waals surface area contributed by atoms with Crippen molar-refractivity contribution in [2.24, 2.45) is 23.2 Å². The molecular formula is C24H31NO5. The fourth-order valence-corrected chi connectivity index (χ4v) is 5.69. The van der Waals surface area contributed by atoms with Gasteiger partial charge in [-0.1, -0.05) is 31.9 Å². The van der Waals surface area contributed by atoms with Crippen molar-refractivity contribution in [3.05, 3.63) is 35.4 Å². The van der Waals surface area contributed by atoms with Gasteiger partial charge in [0.25, 0.3) is 0 Å². The molecule has 2 N–H and O–H groups in total. The molecular weight excluding hydrogens is 382 g/mol. The van der Waals surface area contributed by atoms with Crippen molar-refractivity contribution >= 4 is 11.8 Å². The number of aromatic hydroxyl groups is 2. The lowest BCUT2D eigenvalue weighted by molar-refractivity contribution is -0.145. The zero-order valence-electron chi connectivity index (χ0n) is 17.9. The van der Waals surface area contributed by atoms with E-state index in [4.69, 9.17) is 4.74 Å². The first kappa shape index (κ1) is 20.9. The Morgan fingerprint density at radius 2 is 2.07 bits per heavy atom. The minimum absolute atomic E-state index is 0.0661. The molecule has 4 rings (SSSR count). The van der Waals surface area contributed by atoms with Crippen molar-refractivity contribution in [3.63, 3.8) is 0 Å². The number of fused-ring (bicyclic) bond motifs is 2. The summed E-state index contributed by atoms with van der Waals surface area (Å²) in [4.78, 5) is 27.1. The molecule has 0 spiro atoms. The Labute approximate surface area is 177 Å². The van der Waals surface area contributed by atoms with Gasteiger partial charge in [0, 0.05) is 18.0 Å². The van der Waals surface area contributed by atoms with E-state index in [9.17, 15) is 19.8 Å². The largest absolute Gasteiger partial charge is 0.504 e. The van der Waals surface area contributed by atoms with Gasteiger partial charge in [0.1, 0.15) is 6.10 Å². The fourth-order valence-electron chi connectivity index (χ4n) is 5.69. The molecule has 0 radical (unpaired) electrons. The number of likely N-dealkylation sites (N-methyl/N-ethyl adjacent to an activating group) is 1. The molecule has 162 valence electrons. The molecule has 1 aromatic rings. The van der Waals surface area contributed by atoms with E-state index in [2.05, 4.69) is 19.9 Å². The molecule has 1 aliphatic heterocycles. The van der Waals surface area contributed by atoms with Crippen LogP contribution in [-0.2, 0) is 9.53 Å². The maximum Gasteiger partial charge on any atom is 0.311 e. The van der Waals surface area contributed by atoms with Gasteiger partial charge in [-0.25, -0.2) is 0 Å². The normalized spacial score (nSPS) is 32.9. The Bertz CT molecular complexity index is 894. The molecule has 1 heterocycles. The zero-order valence-corrected chi connectivity index (χ0v) is 17.9. The third-order valence-electron chi connectivity index (χ3n) is 7.30. The second-order valence-corrected chi connectivity index (χ2v) is 9.66. The summed E-state index contributed by atoms with van der Waals surface area (Å²) in [6.07, 6.45) is 6.72. The molecule has 5 atom stereocenters. The summed E-state index contributed by atoms with van der Waals surface area (Å²) in [6, 6.07) is 4.06. The number of ether oxygens (including phenoxy) is 1. The summed E-state index contributed by atoms with van der Waals surface area (Å²) in [5.74, 6) is -0.575. The fraction of sp³-hybridized carbons (Fsp3) is 0.583. The van der Waals surface area contributed by atoms with Gasteiger partial charge in [0.05, 0.1) is 12.5 Å². The highest BCUT2D eigenvalue weighted by Gasteiger charge is 2.51. The standard InChI is InChI=1S/C24H31NO5/c1-14-5-4-8-24(2)11-22-16(10-18(14)24)17(23(29)30-22)12-25(3)13-21(28)15-6-7-19(26)20(27)9-15/h6-7,9-10,14,16-17,22,26-27H,4-5,8,11-13H2,1-3H3. The van der Waals surface area contributed by atoms with Gasteiger partial charge in [-0.05, 0) is 55.8 Å². The van der Waals surface area contributed by atoms with Crippen molar-refractivity contribution in [3.8, 4) is 11.5 Å². The number of benzene rings is 1. The summed E-state index contributed by atoms with van der Waals surface area (Å²) in [7, 11) is 1.82.